The molecule has 0 atom stereocenters. The van der Waals surface area contributed by atoms with Crippen molar-refractivity contribution in [3.05, 3.63) is 65.4 Å². The number of carbonyl (C=O) groups is 1. The fraction of sp³-hybridized carbons (Fsp3) is 0.250. The van der Waals surface area contributed by atoms with E-state index >= 15 is 0 Å². The van der Waals surface area contributed by atoms with Crippen LogP contribution in [0.25, 0.3) is 11.0 Å². The van der Waals surface area contributed by atoms with Crippen molar-refractivity contribution in [3.8, 4) is 5.75 Å². The van der Waals surface area contributed by atoms with Crippen LogP contribution in [-0.4, -0.2) is 20.1 Å². The highest BCUT2D eigenvalue weighted by Gasteiger charge is 2.11. The Labute approximate surface area is 146 Å². The van der Waals surface area contributed by atoms with Gasteiger partial charge in [-0.1, -0.05) is 24.3 Å². The van der Waals surface area contributed by atoms with E-state index in [9.17, 15) is 4.79 Å². The van der Waals surface area contributed by atoms with Crippen molar-refractivity contribution in [1.29, 1.82) is 0 Å². The van der Waals surface area contributed by atoms with Gasteiger partial charge in [0.1, 0.15) is 11.3 Å². The molecule has 1 heterocycles. The zero-order chi connectivity index (χ0) is 17.6. The van der Waals surface area contributed by atoms with Crippen LogP contribution < -0.4 is 10.1 Å². The fourth-order valence-electron chi connectivity index (χ4n) is 2.78. The molecule has 25 heavy (non-hydrogen) atoms. The van der Waals surface area contributed by atoms with Gasteiger partial charge in [0, 0.05) is 30.7 Å². The predicted octanol–water partition coefficient (Wildman–Crippen LogP) is 3.45. The van der Waals surface area contributed by atoms with Crippen molar-refractivity contribution >= 4 is 16.9 Å². The summed E-state index contributed by atoms with van der Waals surface area (Å²) in [7, 11) is 3.27. The monoisotopic (exact) mass is 339 g/mol. The Kier molecular flexibility index (Phi) is 5.36. The van der Waals surface area contributed by atoms with Crippen LogP contribution >= 0.6 is 0 Å². The molecule has 3 aromatic rings. The number of hydrogen-bond donors (Lipinski definition) is 1. The van der Waals surface area contributed by atoms with Crippen LogP contribution in [0.1, 0.15) is 16.7 Å². The normalized spacial score (nSPS) is 10.8. The topological polar surface area (TPSA) is 60.7 Å². The maximum atomic E-state index is 12.3. The van der Waals surface area contributed by atoms with Crippen LogP contribution in [0.3, 0.4) is 0 Å². The molecule has 0 radical (unpaired) electrons. The maximum Gasteiger partial charge on any atom is 0.224 e. The molecule has 5 nitrogen and oxygen atoms in total. The molecule has 3 rings (SSSR count). The van der Waals surface area contributed by atoms with Crippen LogP contribution in [0.4, 0.5) is 0 Å². The van der Waals surface area contributed by atoms with Gasteiger partial charge in [0.25, 0.3) is 0 Å². The summed E-state index contributed by atoms with van der Waals surface area (Å²) < 4.78 is 15.9. The maximum absolute atomic E-state index is 12.3. The second kappa shape index (κ2) is 7.85. The van der Waals surface area contributed by atoms with Crippen molar-refractivity contribution in [1.82, 2.24) is 5.32 Å². The summed E-state index contributed by atoms with van der Waals surface area (Å²) in [6.07, 6.45) is 1.90. The molecule has 0 saturated carbocycles. The minimum Gasteiger partial charge on any atom is -0.497 e. The molecule has 2 aromatic carbocycles. The third kappa shape index (κ3) is 4.00. The van der Waals surface area contributed by atoms with Gasteiger partial charge in [-0.2, -0.15) is 0 Å². The molecule has 0 bridgehead atoms. The van der Waals surface area contributed by atoms with Gasteiger partial charge in [-0.15, -0.1) is 0 Å². The van der Waals surface area contributed by atoms with E-state index < -0.39 is 0 Å². The Bertz CT molecular complexity index is 869. The minimum atomic E-state index is -0.0502. The van der Waals surface area contributed by atoms with Gasteiger partial charge in [0.2, 0.25) is 5.91 Å². The molecule has 0 aliphatic rings. The van der Waals surface area contributed by atoms with Gasteiger partial charge < -0.3 is 19.2 Å². The van der Waals surface area contributed by atoms with E-state index in [1.807, 2.05) is 42.5 Å². The molecule has 0 fully saturated rings. The van der Waals surface area contributed by atoms with Crippen molar-refractivity contribution in [2.24, 2.45) is 0 Å². The molecule has 1 N–H and O–H groups in total. The van der Waals surface area contributed by atoms with E-state index in [2.05, 4.69) is 5.32 Å². The molecule has 5 heteroatoms. The van der Waals surface area contributed by atoms with Gasteiger partial charge in [-0.3, -0.25) is 4.79 Å². The number of amides is 1. The Balaban J connectivity index is 1.65. The molecule has 0 aliphatic carbocycles. The highest BCUT2D eigenvalue weighted by molar-refractivity contribution is 5.88. The van der Waals surface area contributed by atoms with E-state index in [4.69, 9.17) is 13.9 Å². The highest BCUT2D eigenvalue weighted by atomic mass is 16.5. The van der Waals surface area contributed by atoms with Crippen LogP contribution in [0.15, 0.2) is 53.1 Å². The number of benzene rings is 2. The second-order valence-corrected chi connectivity index (χ2v) is 5.78. The summed E-state index contributed by atoms with van der Waals surface area (Å²) in [5.41, 5.74) is 3.71. The van der Waals surface area contributed by atoms with Crippen LogP contribution in [0, 0.1) is 0 Å². The van der Waals surface area contributed by atoms with Crippen LogP contribution in [0.5, 0.6) is 5.75 Å². The molecule has 0 unspecified atom stereocenters. The quantitative estimate of drug-likeness (QED) is 0.716. The number of fused-ring (bicyclic) bond motifs is 1. The van der Waals surface area contributed by atoms with Crippen LogP contribution in [-0.2, 0) is 29.1 Å². The summed E-state index contributed by atoms with van der Waals surface area (Å²) in [6, 6.07) is 13.5. The standard InChI is InChI=1S/C20H21NO4/c1-23-12-15-6-4-3-5-14(15)11-21-20(22)9-16-13-25-19-10-17(24-2)7-8-18(16)19/h3-8,10,13H,9,11-12H2,1-2H3,(H,21,22). The molecule has 0 aliphatic heterocycles. The number of hydrogen-bond acceptors (Lipinski definition) is 4. The smallest absolute Gasteiger partial charge is 0.224 e. The lowest BCUT2D eigenvalue weighted by Crippen LogP contribution is -2.25. The van der Waals surface area contributed by atoms with E-state index in [-0.39, 0.29) is 12.3 Å². The number of nitrogens with one attached hydrogen (secondary N) is 1. The summed E-state index contributed by atoms with van der Waals surface area (Å²) in [5.74, 6) is 0.679. The molecule has 1 amide bonds. The van der Waals surface area contributed by atoms with Crippen LogP contribution in [0.2, 0.25) is 0 Å². The van der Waals surface area contributed by atoms with Crippen molar-refractivity contribution in [3.63, 3.8) is 0 Å². The first-order valence-corrected chi connectivity index (χ1v) is 8.08. The number of rotatable bonds is 7. The van der Waals surface area contributed by atoms with Gasteiger partial charge in [-0.05, 0) is 23.3 Å². The van der Waals surface area contributed by atoms with Crippen molar-refractivity contribution < 1.29 is 18.7 Å². The fourth-order valence-corrected chi connectivity index (χ4v) is 2.78. The summed E-state index contributed by atoms with van der Waals surface area (Å²) in [4.78, 5) is 12.3. The number of carbonyl (C=O) groups excluding carboxylic acids is 1. The number of ether oxygens (including phenoxy) is 2. The van der Waals surface area contributed by atoms with Gasteiger partial charge in [0.15, 0.2) is 0 Å². The minimum absolute atomic E-state index is 0.0502. The molecule has 0 saturated heterocycles. The first-order valence-electron chi connectivity index (χ1n) is 8.08. The predicted molar refractivity (Wildman–Crippen MR) is 95.5 cm³/mol. The molecule has 1 aromatic heterocycles. The summed E-state index contributed by atoms with van der Waals surface area (Å²) in [6.45, 7) is 1.00. The Morgan fingerprint density at radius 2 is 1.88 bits per heavy atom. The Hall–Kier alpha value is -2.79. The first kappa shape index (κ1) is 17.0. The Morgan fingerprint density at radius 3 is 2.64 bits per heavy atom. The average molecular weight is 339 g/mol. The van der Waals surface area contributed by atoms with Gasteiger partial charge >= 0.3 is 0 Å². The van der Waals surface area contributed by atoms with E-state index in [1.165, 1.54) is 0 Å². The molecular weight excluding hydrogens is 318 g/mol. The summed E-state index contributed by atoms with van der Waals surface area (Å²) in [5, 5.41) is 3.89. The van der Waals surface area contributed by atoms with E-state index in [0.717, 1.165) is 27.8 Å². The zero-order valence-electron chi connectivity index (χ0n) is 14.4. The third-order valence-electron chi connectivity index (χ3n) is 4.11. The van der Waals surface area contributed by atoms with Gasteiger partial charge in [-0.25, -0.2) is 0 Å². The lowest BCUT2D eigenvalue weighted by molar-refractivity contribution is -0.120. The number of furan rings is 1. The molecular formula is C20H21NO4. The average Bonchev–Trinajstić information content (AvgIpc) is 3.03. The zero-order valence-corrected chi connectivity index (χ0v) is 14.4. The molecule has 130 valence electrons. The lowest BCUT2D eigenvalue weighted by atomic mass is 10.1. The Morgan fingerprint density at radius 1 is 1.08 bits per heavy atom. The van der Waals surface area contributed by atoms with E-state index in [0.29, 0.717) is 18.7 Å². The lowest BCUT2D eigenvalue weighted by Gasteiger charge is -2.10. The molecule has 0 spiro atoms. The van der Waals surface area contributed by atoms with E-state index in [1.54, 1.807) is 20.5 Å². The third-order valence-corrected chi connectivity index (χ3v) is 4.11. The van der Waals surface area contributed by atoms with Crippen molar-refractivity contribution in [2.45, 2.75) is 19.6 Å². The van der Waals surface area contributed by atoms with Crippen molar-refractivity contribution in [2.75, 3.05) is 14.2 Å². The largest absolute Gasteiger partial charge is 0.497 e. The number of methoxy groups -OCH3 is 2. The summed E-state index contributed by atoms with van der Waals surface area (Å²) >= 11 is 0. The SMILES string of the molecule is COCc1ccccc1CNC(=O)Cc1coc2cc(OC)ccc12. The highest BCUT2D eigenvalue weighted by Crippen LogP contribution is 2.25. The van der Waals surface area contributed by atoms with Gasteiger partial charge in [0.05, 0.1) is 26.4 Å². The first-order chi connectivity index (χ1) is 12.2. The second-order valence-electron chi connectivity index (χ2n) is 5.78.